The van der Waals surface area contributed by atoms with Crippen molar-refractivity contribution in [1.29, 1.82) is 0 Å². The summed E-state index contributed by atoms with van der Waals surface area (Å²) in [6.07, 6.45) is 1.68. The summed E-state index contributed by atoms with van der Waals surface area (Å²) in [6, 6.07) is 7.45. The van der Waals surface area contributed by atoms with E-state index in [1.165, 1.54) is 0 Å². The van der Waals surface area contributed by atoms with Gasteiger partial charge in [-0.3, -0.25) is 4.79 Å². The second kappa shape index (κ2) is 5.14. The quantitative estimate of drug-likeness (QED) is 0.811. The van der Waals surface area contributed by atoms with Crippen LogP contribution in [0.1, 0.15) is 12.0 Å². The highest BCUT2D eigenvalue weighted by atomic mass is 32.3. The van der Waals surface area contributed by atoms with E-state index in [1.54, 1.807) is 11.2 Å². The maximum absolute atomic E-state index is 12.7. The molecule has 0 saturated carbocycles. The lowest BCUT2D eigenvalue weighted by atomic mass is 10.1. The molecule has 112 valence electrons. The summed E-state index contributed by atoms with van der Waals surface area (Å²) in [5.74, 6) is -1.20. The minimum Gasteiger partial charge on any atom is -0.464 e. The number of carbonyl (C=O) groups excluding carboxylic acids is 1. The molecule has 0 aliphatic carbocycles. The standard InChI is InChI=1S/C14H14FNO4S/c15-21(18,19)9-11-6-14(17)16(8-11)7-10-1-2-13-12(5-10)3-4-20-13/h1-5,11H,6-9H2. The fourth-order valence-electron chi connectivity index (χ4n) is 2.73. The van der Waals surface area contributed by atoms with E-state index in [2.05, 4.69) is 0 Å². The number of carbonyl (C=O) groups is 1. The SMILES string of the molecule is O=C1CC(CS(=O)(=O)F)CN1Cc1ccc2occc2c1. The van der Waals surface area contributed by atoms with Crippen LogP contribution in [-0.2, 0) is 21.6 Å². The Kier molecular flexibility index (Phi) is 3.44. The van der Waals surface area contributed by atoms with Gasteiger partial charge in [-0.1, -0.05) is 6.07 Å². The maximum Gasteiger partial charge on any atom is 0.302 e. The largest absolute Gasteiger partial charge is 0.464 e. The van der Waals surface area contributed by atoms with Crippen molar-refractivity contribution in [3.63, 3.8) is 0 Å². The summed E-state index contributed by atoms with van der Waals surface area (Å²) in [4.78, 5) is 13.4. The molecule has 1 unspecified atom stereocenters. The summed E-state index contributed by atoms with van der Waals surface area (Å²) in [5.41, 5.74) is 1.70. The molecule has 7 heteroatoms. The average molecular weight is 311 g/mol. The van der Waals surface area contributed by atoms with E-state index in [0.717, 1.165) is 16.5 Å². The molecule has 2 aromatic rings. The smallest absolute Gasteiger partial charge is 0.302 e. The molecule has 5 nitrogen and oxygen atoms in total. The zero-order valence-electron chi connectivity index (χ0n) is 11.2. The van der Waals surface area contributed by atoms with Crippen LogP contribution in [-0.4, -0.2) is 31.5 Å². The zero-order chi connectivity index (χ0) is 15.0. The number of furan rings is 1. The first-order valence-electron chi connectivity index (χ1n) is 6.57. The molecule has 1 aromatic carbocycles. The molecule has 1 aliphatic heterocycles. The van der Waals surface area contributed by atoms with E-state index < -0.39 is 21.9 Å². The minimum absolute atomic E-state index is 0.0805. The van der Waals surface area contributed by atoms with Gasteiger partial charge in [-0.2, -0.15) is 8.42 Å². The molecule has 1 fully saturated rings. The maximum atomic E-state index is 12.7. The van der Waals surface area contributed by atoms with Gasteiger partial charge < -0.3 is 9.32 Å². The Morgan fingerprint density at radius 3 is 2.90 bits per heavy atom. The fourth-order valence-corrected chi connectivity index (χ4v) is 3.52. The van der Waals surface area contributed by atoms with Crippen molar-refractivity contribution in [3.05, 3.63) is 36.1 Å². The number of likely N-dealkylation sites (tertiary alicyclic amines) is 1. The van der Waals surface area contributed by atoms with Crippen LogP contribution < -0.4 is 0 Å². The molecule has 1 aliphatic rings. The summed E-state index contributed by atoms with van der Waals surface area (Å²) in [5, 5.41) is 0.946. The van der Waals surface area contributed by atoms with Crippen molar-refractivity contribution in [2.24, 2.45) is 5.92 Å². The molecule has 0 radical (unpaired) electrons. The third-order valence-electron chi connectivity index (χ3n) is 3.62. The van der Waals surface area contributed by atoms with Crippen molar-refractivity contribution < 1.29 is 21.5 Å². The second-order valence-corrected chi connectivity index (χ2v) is 6.75. The van der Waals surface area contributed by atoms with Crippen molar-refractivity contribution in [2.45, 2.75) is 13.0 Å². The lowest BCUT2D eigenvalue weighted by Crippen LogP contribution is -2.25. The van der Waals surface area contributed by atoms with Crippen LogP contribution in [0.5, 0.6) is 0 Å². The molecule has 1 atom stereocenters. The Hall–Kier alpha value is -1.89. The molecule has 1 saturated heterocycles. The predicted octanol–water partition coefficient (Wildman–Crippen LogP) is 2.08. The van der Waals surface area contributed by atoms with E-state index in [9.17, 15) is 17.1 Å². The summed E-state index contributed by atoms with van der Waals surface area (Å²) in [6.45, 7) is 0.661. The molecule has 0 spiro atoms. The molecule has 0 N–H and O–H groups in total. The van der Waals surface area contributed by atoms with Crippen molar-refractivity contribution in [1.82, 2.24) is 4.90 Å². The highest BCUT2D eigenvalue weighted by Gasteiger charge is 2.32. The van der Waals surface area contributed by atoms with Gasteiger partial charge in [0.25, 0.3) is 0 Å². The van der Waals surface area contributed by atoms with E-state index in [1.807, 2.05) is 24.3 Å². The van der Waals surface area contributed by atoms with Gasteiger partial charge in [0.15, 0.2) is 0 Å². The van der Waals surface area contributed by atoms with Gasteiger partial charge in [0, 0.05) is 30.8 Å². The topological polar surface area (TPSA) is 67.6 Å². The van der Waals surface area contributed by atoms with E-state index in [0.29, 0.717) is 6.54 Å². The highest BCUT2D eigenvalue weighted by Crippen LogP contribution is 2.24. The Morgan fingerprint density at radius 2 is 2.14 bits per heavy atom. The second-order valence-electron chi connectivity index (χ2n) is 5.34. The van der Waals surface area contributed by atoms with Gasteiger partial charge in [-0.05, 0) is 23.8 Å². The van der Waals surface area contributed by atoms with Crippen LogP contribution in [0.4, 0.5) is 3.89 Å². The van der Waals surface area contributed by atoms with E-state index >= 15 is 0 Å². The lowest BCUT2D eigenvalue weighted by Gasteiger charge is -2.16. The molecular weight excluding hydrogens is 297 g/mol. The predicted molar refractivity (Wildman–Crippen MR) is 74.6 cm³/mol. The van der Waals surface area contributed by atoms with Gasteiger partial charge >= 0.3 is 10.2 Å². The monoisotopic (exact) mass is 311 g/mol. The number of hydrogen-bond acceptors (Lipinski definition) is 4. The molecular formula is C14H14FNO4S. The van der Waals surface area contributed by atoms with Gasteiger partial charge in [0.2, 0.25) is 5.91 Å². The molecule has 21 heavy (non-hydrogen) atoms. The third-order valence-corrected chi connectivity index (χ3v) is 4.49. The number of amides is 1. The van der Waals surface area contributed by atoms with Crippen LogP contribution in [0, 0.1) is 5.92 Å². The Labute approximate surface area is 121 Å². The molecule has 1 amide bonds. The van der Waals surface area contributed by atoms with Crippen molar-refractivity contribution in [2.75, 3.05) is 12.3 Å². The Bertz CT molecular complexity index is 783. The summed E-state index contributed by atoms with van der Waals surface area (Å²) in [7, 11) is -4.54. The van der Waals surface area contributed by atoms with Crippen LogP contribution in [0.25, 0.3) is 11.0 Å². The minimum atomic E-state index is -4.54. The van der Waals surface area contributed by atoms with Crippen LogP contribution >= 0.6 is 0 Å². The lowest BCUT2D eigenvalue weighted by molar-refractivity contribution is -0.128. The number of halogens is 1. The van der Waals surface area contributed by atoms with Gasteiger partial charge in [-0.15, -0.1) is 3.89 Å². The van der Waals surface area contributed by atoms with Gasteiger partial charge in [-0.25, -0.2) is 0 Å². The van der Waals surface area contributed by atoms with Gasteiger partial charge in [0.05, 0.1) is 12.0 Å². The first kappa shape index (κ1) is 14.1. The first-order valence-corrected chi connectivity index (χ1v) is 8.12. The van der Waals surface area contributed by atoms with Crippen molar-refractivity contribution >= 4 is 27.1 Å². The fraction of sp³-hybridized carbons (Fsp3) is 0.357. The summed E-state index contributed by atoms with van der Waals surface area (Å²) < 4.78 is 39.3. The van der Waals surface area contributed by atoms with E-state index in [4.69, 9.17) is 4.42 Å². The number of nitrogens with zero attached hydrogens (tertiary/aromatic N) is 1. The third kappa shape index (κ3) is 3.24. The van der Waals surface area contributed by atoms with Crippen molar-refractivity contribution in [3.8, 4) is 0 Å². The number of benzene rings is 1. The zero-order valence-corrected chi connectivity index (χ0v) is 12.0. The number of hydrogen-bond donors (Lipinski definition) is 0. The summed E-state index contributed by atoms with van der Waals surface area (Å²) >= 11 is 0. The molecule has 3 rings (SSSR count). The normalized spacial score (nSPS) is 19.6. The van der Waals surface area contributed by atoms with E-state index in [-0.39, 0.29) is 18.9 Å². The average Bonchev–Trinajstić information content (AvgIpc) is 2.94. The first-order chi connectivity index (χ1) is 9.90. The van der Waals surface area contributed by atoms with Crippen LogP contribution in [0.3, 0.4) is 0 Å². The number of rotatable bonds is 4. The Morgan fingerprint density at radius 1 is 1.33 bits per heavy atom. The van der Waals surface area contributed by atoms with Gasteiger partial charge in [0.1, 0.15) is 5.58 Å². The molecule has 0 bridgehead atoms. The number of fused-ring (bicyclic) bond motifs is 1. The molecule has 2 heterocycles. The highest BCUT2D eigenvalue weighted by molar-refractivity contribution is 7.86. The van der Waals surface area contributed by atoms with Crippen LogP contribution in [0.15, 0.2) is 34.9 Å². The Balaban J connectivity index is 1.71. The molecule has 1 aromatic heterocycles. The van der Waals surface area contributed by atoms with Crippen LogP contribution in [0.2, 0.25) is 0 Å².